The molecule has 0 atom stereocenters. The smallest absolute Gasteiger partial charge is 0.307 e. The third-order valence-electron chi connectivity index (χ3n) is 6.01. The van der Waals surface area contributed by atoms with Gasteiger partial charge in [0.15, 0.2) is 5.76 Å². The Bertz CT molecular complexity index is 1610. The molecule has 0 bridgehead atoms. The molecule has 0 aliphatic rings. The molecule has 8 nitrogen and oxygen atoms in total. The van der Waals surface area contributed by atoms with Crippen LogP contribution in [0.1, 0.15) is 27.5 Å². The molecule has 0 unspecified atom stereocenters. The number of benzene rings is 3. The number of nitro benzene ring substituents is 1. The fourth-order valence-corrected chi connectivity index (χ4v) is 4.22. The molecule has 0 spiro atoms. The van der Waals surface area contributed by atoms with Crippen LogP contribution in [0.4, 0.5) is 5.69 Å². The molecule has 0 saturated heterocycles. The second-order valence-corrected chi connectivity index (χ2v) is 8.36. The number of nitrogens with one attached hydrogen (secondary N) is 1. The van der Waals surface area contributed by atoms with E-state index in [1.165, 1.54) is 24.3 Å². The van der Waals surface area contributed by atoms with Gasteiger partial charge < -0.3 is 8.98 Å². The zero-order chi connectivity index (χ0) is 25.2. The zero-order valence-corrected chi connectivity index (χ0v) is 19.6. The maximum absolute atomic E-state index is 12.5. The maximum atomic E-state index is 12.5. The average Bonchev–Trinajstić information content (AvgIpc) is 3.44. The first-order valence-corrected chi connectivity index (χ1v) is 11.3. The number of carbonyl (C=O) groups is 1. The van der Waals surface area contributed by atoms with Crippen molar-refractivity contribution in [1.29, 1.82) is 0 Å². The third-order valence-corrected chi connectivity index (χ3v) is 6.01. The van der Waals surface area contributed by atoms with E-state index in [2.05, 4.69) is 51.5 Å². The SMILES string of the molecule is Cc1cc(/C=N/NC(=O)c2cc3cc([N+](=O)[O-])ccc3o2)c(C)n1-c1ccc(-c2ccccc2)cc1. The van der Waals surface area contributed by atoms with E-state index in [0.717, 1.165) is 33.8 Å². The Morgan fingerprint density at radius 3 is 2.42 bits per heavy atom. The highest BCUT2D eigenvalue weighted by Crippen LogP contribution is 2.25. The number of nitro groups is 1. The van der Waals surface area contributed by atoms with Gasteiger partial charge in [-0.25, -0.2) is 5.43 Å². The standard InChI is InChI=1S/C28H22N4O4/c1-18-14-23(19(2)31(18)24-10-8-21(9-11-24)20-6-4-3-5-7-20)17-29-30-28(33)27-16-22-15-25(32(34)35)12-13-26(22)36-27/h3-17H,1-2H3,(H,30,33)/b29-17+. The Morgan fingerprint density at radius 2 is 1.69 bits per heavy atom. The van der Waals surface area contributed by atoms with E-state index in [9.17, 15) is 14.9 Å². The second-order valence-electron chi connectivity index (χ2n) is 8.36. The van der Waals surface area contributed by atoms with Crippen molar-refractivity contribution in [1.82, 2.24) is 9.99 Å². The first-order chi connectivity index (χ1) is 17.4. The van der Waals surface area contributed by atoms with Gasteiger partial charge in [-0.1, -0.05) is 42.5 Å². The van der Waals surface area contributed by atoms with Crippen LogP contribution < -0.4 is 5.43 Å². The fraction of sp³-hybridized carbons (Fsp3) is 0.0714. The average molecular weight is 479 g/mol. The number of hydrazone groups is 1. The number of amides is 1. The summed E-state index contributed by atoms with van der Waals surface area (Å²) in [7, 11) is 0. The lowest BCUT2D eigenvalue weighted by Crippen LogP contribution is -2.16. The van der Waals surface area contributed by atoms with Gasteiger partial charge in [-0.2, -0.15) is 5.10 Å². The number of rotatable bonds is 6. The van der Waals surface area contributed by atoms with E-state index in [1.807, 2.05) is 38.1 Å². The van der Waals surface area contributed by atoms with Crippen LogP contribution in [-0.2, 0) is 0 Å². The second kappa shape index (κ2) is 9.34. The van der Waals surface area contributed by atoms with Crippen molar-refractivity contribution in [3.05, 3.63) is 118 Å². The number of hydrogen-bond donors (Lipinski definition) is 1. The minimum Gasteiger partial charge on any atom is -0.451 e. The van der Waals surface area contributed by atoms with Gasteiger partial charge in [0.2, 0.25) is 0 Å². The minimum atomic E-state index is -0.546. The van der Waals surface area contributed by atoms with E-state index < -0.39 is 10.8 Å². The van der Waals surface area contributed by atoms with Crippen molar-refractivity contribution in [3.8, 4) is 16.8 Å². The molecule has 1 amide bonds. The number of aryl methyl sites for hydroxylation is 1. The summed E-state index contributed by atoms with van der Waals surface area (Å²) in [6, 6.07) is 26.2. The zero-order valence-electron chi connectivity index (χ0n) is 19.6. The Kier molecular flexibility index (Phi) is 5.92. The lowest BCUT2D eigenvalue weighted by atomic mass is 10.1. The van der Waals surface area contributed by atoms with Crippen molar-refractivity contribution >= 4 is 28.8 Å². The van der Waals surface area contributed by atoms with Crippen molar-refractivity contribution in [2.45, 2.75) is 13.8 Å². The molecule has 2 aromatic heterocycles. The number of furan rings is 1. The number of hydrogen-bond acceptors (Lipinski definition) is 5. The van der Waals surface area contributed by atoms with Gasteiger partial charge in [0.25, 0.3) is 5.69 Å². The van der Waals surface area contributed by atoms with Crippen LogP contribution in [0.25, 0.3) is 27.8 Å². The topological polar surface area (TPSA) is 103 Å². The van der Waals surface area contributed by atoms with Crippen LogP contribution in [0.15, 0.2) is 94.4 Å². The molecule has 2 heterocycles. The summed E-state index contributed by atoms with van der Waals surface area (Å²) in [5.41, 5.74) is 8.99. The fourth-order valence-electron chi connectivity index (χ4n) is 4.22. The van der Waals surface area contributed by atoms with Crippen molar-refractivity contribution in [3.63, 3.8) is 0 Å². The first-order valence-electron chi connectivity index (χ1n) is 11.3. The lowest BCUT2D eigenvalue weighted by Gasteiger charge is -2.11. The summed E-state index contributed by atoms with van der Waals surface area (Å²) in [5.74, 6) is -0.526. The van der Waals surface area contributed by atoms with E-state index in [-0.39, 0.29) is 11.4 Å². The quantitative estimate of drug-likeness (QED) is 0.179. The number of fused-ring (bicyclic) bond motifs is 1. The summed E-state index contributed by atoms with van der Waals surface area (Å²) < 4.78 is 7.63. The Morgan fingerprint density at radius 1 is 0.972 bits per heavy atom. The summed E-state index contributed by atoms with van der Waals surface area (Å²) in [6.45, 7) is 4.01. The summed E-state index contributed by atoms with van der Waals surface area (Å²) in [5, 5.41) is 15.5. The molecule has 3 aromatic carbocycles. The van der Waals surface area contributed by atoms with E-state index >= 15 is 0 Å². The van der Waals surface area contributed by atoms with Crippen molar-refractivity contribution < 1.29 is 14.1 Å². The number of non-ortho nitro benzene ring substituents is 1. The van der Waals surface area contributed by atoms with Crippen LogP contribution in [0, 0.1) is 24.0 Å². The molecule has 1 N–H and O–H groups in total. The highest BCUT2D eigenvalue weighted by atomic mass is 16.6. The minimum absolute atomic E-state index is 0.0200. The summed E-state index contributed by atoms with van der Waals surface area (Å²) >= 11 is 0. The van der Waals surface area contributed by atoms with Crippen LogP contribution in [0.3, 0.4) is 0 Å². The molecule has 178 valence electrons. The summed E-state index contributed by atoms with van der Waals surface area (Å²) in [4.78, 5) is 23.0. The molecular formula is C28H22N4O4. The Hall–Kier alpha value is -4.98. The molecule has 8 heteroatoms. The molecule has 5 rings (SSSR count). The van der Waals surface area contributed by atoms with Gasteiger partial charge in [0.1, 0.15) is 5.58 Å². The predicted molar refractivity (Wildman–Crippen MR) is 139 cm³/mol. The maximum Gasteiger partial charge on any atom is 0.307 e. The highest BCUT2D eigenvalue weighted by Gasteiger charge is 2.15. The summed E-state index contributed by atoms with van der Waals surface area (Å²) in [6.07, 6.45) is 1.59. The van der Waals surface area contributed by atoms with E-state index in [0.29, 0.717) is 11.0 Å². The van der Waals surface area contributed by atoms with Crippen LogP contribution >= 0.6 is 0 Å². The van der Waals surface area contributed by atoms with Crippen LogP contribution in [0.5, 0.6) is 0 Å². The molecule has 0 saturated carbocycles. The monoisotopic (exact) mass is 478 g/mol. The molecular weight excluding hydrogens is 456 g/mol. The lowest BCUT2D eigenvalue weighted by molar-refractivity contribution is -0.384. The molecule has 0 aliphatic heterocycles. The predicted octanol–water partition coefficient (Wildman–Crippen LogP) is 6.18. The normalized spacial score (nSPS) is 11.3. The molecule has 36 heavy (non-hydrogen) atoms. The molecule has 5 aromatic rings. The van der Waals surface area contributed by atoms with Gasteiger partial charge in [-0.05, 0) is 55.3 Å². The molecule has 0 fully saturated rings. The van der Waals surface area contributed by atoms with E-state index in [4.69, 9.17) is 4.42 Å². The van der Waals surface area contributed by atoms with Gasteiger partial charge in [-0.3, -0.25) is 14.9 Å². The molecule has 0 aliphatic carbocycles. The van der Waals surface area contributed by atoms with Gasteiger partial charge in [-0.15, -0.1) is 0 Å². The number of aromatic nitrogens is 1. The largest absolute Gasteiger partial charge is 0.451 e. The van der Waals surface area contributed by atoms with Gasteiger partial charge >= 0.3 is 5.91 Å². The van der Waals surface area contributed by atoms with Gasteiger partial charge in [0, 0.05) is 40.2 Å². The van der Waals surface area contributed by atoms with Crippen LogP contribution in [0.2, 0.25) is 0 Å². The van der Waals surface area contributed by atoms with Crippen molar-refractivity contribution in [2.75, 3.05) is 0 Å². The van der Waals surface area contributed by atoms with Crippen molar-refractivity contribution in [2.24, 2.45) is 5.10 Å². The number of carbonyl (C=O) groups excluding carboxylic acids is 1. The third kappa shape index (κ3) is 4.39. The van der Waals surface area contributed by atoms with E-state index in [1.54, 1.807) is 6.21 Å². The highest BCUT2D eigenvalue weighted by molar-refractivity contribution is 5.97. The Balaban J connectivity index is 1.32. The Labute approximate surface area is 206 Å². The van der Waals surface area contributed by atoms with Gasteiger partial charge in [0.05, 0.1) is 11.1 Å². The molecule has 0 radical (unpaired) electrons. The first kappa shape index (κ1) is 22.8. The number of nitrogens with zero attached hydrogens (tertiary/aromatic N) is 3. The van der Waals surface area contributed by atoms with Crippen LogP contribution in [-0.4, -0.2) is 21.6 Å².